The highest BCUT2D eigenvalue weighted by molar-refractivity contribution is 7.17. The van der Waals surface area contributed by atoms with Gasteiger partial charge in [-0.1, -0.05) is 18.6 Å². The molecule has 0 saturated heterocycles. The number of hydrogen-bond acceptors (Lipinski definition) is 3. The lowest BCUT2D eigenvalue weighted by molar-refractivity contribution is -0.142. The number of carbonyl (C=O) groups excluding carboxylic acids is 1. The molecular formula is C9H18NO2P. The van der Waals surface area contributed by atoms with Crippen molar-refractivity contribution in [3.05, 3.63) is 11.6 Å². The fraction of sp³-hybridized carbons (Fsp3) is 0.667. The second kappa shape index (κ2) is 7.05. The van der Waals surface area contributed by atoms with Gasteiger partial charge in [0.2, 0.25) is 0 Å². The number of rotatable bonds is 5. The number of esters is 1. The normalized spacial score (nSPS) is 14.0. The van der Waals surface area contributed by atoms with Crippen LogP contribution in [0.4, 0.5) is 0 Å². The summed E-state index contributed by atoms with van der Waals surface area (Å²) in [6.45, 7) is 4.24. The second-order valence-corrected chi connectivity index (χ2v) is 3.39. The van der Waals surface area contributed by atoms with Crippen LogP contribution in [0.3, 0.4) is 0 Å². The van der Waals surface area contributed by atoms with E-state index in [1.165, 1.54) is 0 Å². The number of carbonyl (C=O) groups is 1. The van der Waals surface area contributed by atoms with E-state index in [1.807, 2.05) is 13.0 Å². The number of nitrogens with two attached hydrogens (primary N) is 1. The maximum absolute atomic E-state index is 11.0. The Labute approximate surface area is 81.9 Å². The summed E-state index contributed by atoms with van der Waals surface area (Å²) >= 11 is 0. The van der Waals surface area contributed by atoms with Crippen LogP contribution in [0.25, 0.3) is 0 Å². The number of hydrogen-bond donors (Lipinski definition) is 1. The summed E-state index contributed by atoms with van der Waals surface area (Å²) in [6.07, 6.45) is 3.03. The van der Waals surface area contributed by atoms with Crippen molar-refractivity contribution in [1.82, 2.24) is 0 Å². The molecule has 0 saturated carbocycles. The third kappa shape index (κ3) is 5.78. The molecule has 0 rings (SSSR count). The molecule has 0 aliphatic carbocycles. The minimum atomic E-state index is -0.195. The minimum absolute atomic E-state index is 0.0561. The standard InChI is InChI=1S/C9H18NO2P/c1-3-7(9(10)13)5-6-8(11)12-4-2/h5,9H,3-4,6,10,13H2,1-2H3. The van der Waals surface area contributed by atoms with Crippen LogP contribution in [0.2, 0.25) is 0 Å². The molecule has 0 aromatic heterocycles. The van der Waals surface area contributed by atoms with Crippen molar-refractivity contribution < 1.29 is 9.53 Å². The zero-order chi connectivity index (χ0) is 10.3. The van der Waals surface area contributed by atoms with Crippen molar-refractivity contribution in [3.63, 3.8) is 0 Å². The summed E-state index contributed by atoms with van der Waals surface area (Å²) < 4.78 is 4.79. The average molecular weight is 203 g/mol. The van der Waals surface area contributed by atoms with Crippen molar-refractivity contribution in [1.29, 1.82) is 0 Å². The Morgan fingerprint density at radius 1 is 1.62 bits per heavy atom. The topological polar surface area (TPSA) is 52.3 Å². The van der Waals surface area contributed by atoms with Crippen LogP contribution in [0, 0.1) is 0 Å². The second-order valence-electron chi connectivity index (χ2n) is 2.67. The molecule has 0 heterocycles. The summed E-state index contributed by atoms with van der Waals surface area (Å²) in [5.74, 6) is -0.251. The van der Waals surface area contributed by atoms with E-state index in [-0.39, 0.29) is 11.8 Å². The van der Waals surface area contributed by atoms with Gasteiger partial charge in [-0.15, -0.1) is 9.24 Å². The van der Waals surface area contributed by atoms with Crippen LogP contribution in [0.1, 0.15) is 26.7 Å². The molecule has 0 aromatic carbocycles. The van der Waals surface area contributed by atoms with E-state index >= 15 is 0 Å². The molecule has 0 amide bonds. The summed E-state index contributed by atoms with van der Waals surface area (Å²) in [4.78, 5) is 11.0. The van der Waals surface area contributed by atoms with Crippen molar-refractivity contribution in [2.75, 3.05) is 6.61 Å². The molecule has 3 nitrogen and oxygen atoms in total. The Balaban J connectivity index is 3.99. The molecule has 0 radical (unpaired) electrons. The molecule has 4 heteroatoms. The van der Waals surface area contributed by atoms with Gasteiger partial charge in [0.1, 0.15) is 0 Å². The molecular weight excluding hydrogens is 185 g/mol. The SMILES string of the molecule is CCOC(=O)CC=C(CC)C(N)P. The predicted octanol–water partition coefficient (Wildman–Crippen LogP) is 1.44. The van der Waals surface area contributed by atoms with Gasteiger partial charge in [0, 0.05) is 5.78 Å². The van der Waals surface area contributed by atoms with Gasteiger partial charge in [-0.05, 0) is 13.3 Å². The van der Waals surface area contributed by atoms with Crippen LogP contribution in [0.15, 0.2) is 11.6 Å². The Bertz CT molecular complexity index is 190. The molecule has 0 spiro atoms. The third-order valence-corrected chi connectivity index (χ3v) is 2.10. The van der Waals surface area contributed by atoms with Crippen LogP contribution >= 0.6 is 9.24 Å². The van der Waals surface area contributed by atoms with E-state index in [1.54, 1.807) is 6.92 Å². The Hall–Kier alpha value is -0.400. The van der Waals surface area contributed by atoms with E-state index in [4.69, 9.17) is 10.5 Å². The zero-order valence-corrected chi connectivity index (χ0v) is 9.40. The molecule has 13 heavy (non-hydrogen) atoms. The van der Waals surface area contributed by atoms with Crippen molar-refractivity contribution in [3.8, 4) is 0 Å². The van der Waals surface area contributed by atoms with Gasteiger partial charge < -0.3 is 10.5 Å². The van der Waals surface area contributed by atoms with E-state index in [0.29, 0.717) is 13.0 Å². The van der Waals surface area contributed by atoms with Crippen molar-refractivity contribution >= 4 is 15.2 Å². The van der Waals surface area contributed by atoms with Gasteiger partial charge >= 0.3 is 5.97 Å². The van der Waals surface area contributed by atoms with E-state index in [0.717, 1.165) is 12.0 Å². The molecule has 0 fully saturated rings. The first-order valence-corrected chi connectivity index (χ1v) is 5.14. The fourth-order valence-corrected chi connectivity index (χ4v) is 1.32. The number of ether oxygens (including phenoxy) is 1. The van der Waals surface area contributed by atoms with Gasteiger partial charge in [0.05, 0.1) is 13.0 Å². The van der Waals surface area contributed by atoms with E-state index in [9.17, 15) is 4.79 Å². The quantitative estimate of drug-likeness (QED) is 0.418. The lowest BCUT2D eigenvalue weighted by Crippen LogP contribution is -2.14. The highest BCUT2D eigenvalue weighted by atomic mass is 31.0. The Morgan fingerprint density at radius 3 is 2.62 bits per heavy atom. The highest BCUT2D eigenvalue weighted by Crippen LogP contribution is 2.11. The molecule has 0 aromatic rings. The fourth-order valence-electron chi connectivity index (χ4n) is 0.950. The summed E-state index contributed by atoms with van der Waals surface area (Å²) in [5, 5.41) is 0. The van der Waals surface area contributed by atoms with Crippen molar-refractivity contribution in [2.24, 2.45) is 5.73 Å². The molecule has 76 valence electrons. The molecule has 0 aliphatic rings. The van der Waals surface area contributed by atoms with Crippen LogP contribution < -0.4 is 5.73 Å². The van der Waals surface area contributed by atoms with Gasteiger partial charge in [0.25, 0.3) is 0 Å². The molecule has 2 unspecified atom stereocenters. The molecule has 0 bridgehead atoms. The Kier molecular flexibility index (Phi) is 6.83. The van der Waals surface area contributed by atoms with Crippen LogP contribution in [-0.2, 0) is 9.53 Å². The smallest absolute Gasteiger partial charge is 0.309 e. The van der Waals surface area contributed by atoms with E-state index < -0.39 is 0 Å². The Morgan fingerprint density at radius 2 is 2.23 bits per heavy atom. The van der Waals surface area contributed by atoms with E-state index in [2.05, 4.69) is 9.24 Å². The minimum Gasteiger partial charge on any atom is -0.466 e. The molecule has 2 atom stereocenters. The summed E-state index contributed by atoms with van der Waals surface area (Å²) in [7, 11) is 2.51. The van der Waals surface area contributed by atoms with Crippen molar-refractivity contribution in [2.45, 2.75) is 32.5 Å². The first kappa shape index (κ1) is 12.6. The molecule has 2 N–H and O–H groups in total. The third-order valence-electron chi connectivity index (χ3n) is 1.67. The molecule has 0 aliphatic heterocycles. The monoisotopic (exact) mass is 203 g/mol. The largest absolute Gasteiger partial charge is 0.466 e. The maximum atomic E-state index is 11.0. The lowest BCUT2D eigenvalue weighted by atomic mass is 10.1. The van der Waals surface area contributed by atoms with Gasteiger partial charge in [-0.3, -0.25) is 4.79 Å². The van der Waals surface area contributed by atoms with Crippen LogP contribution in [0.5, 0.6) is 0 Å². The first-order chi connectivity index (χ1) is 6.11. The van der Waals surface area contributed by atoms with Gasteiger partial charge in [-0.2, -0.15) is 0 Å². The first-order valence-electron chi connectivity index (χ1n) is 4.47. The highest BCUT2D eigenvalue weighted by Gasteiger charge is 2.03. The van der Waals surface area contributed by atoms with Gasteiger partial charge in [0.15, 0.2) is 0 Å². The van der Waals surface area contributed by atoms with Gasteiger partial charge in [-0.25, -0.2) is 0 Å². The van der Waals surface area contributed by atoms with Crippen LogP contribution in [-0.4, -0.2) is 18.4 Å². The average Bonchev–Trinajstić information content (AvgIpc) is 2.05. The zero-order valence-electron chi connectivity index (χ0n) is 8.25. The predicted molar refractivity (Wildman–Crippen MR) is 57.3 cm³/mol. The maximum Gasteiger partial charge on any atom is 0.309 e. The summed E-state index contributed by atoms with van der Waals surface area (Å²) in [5.41, 5.74) is 6.72. The lowest BCUT2D eigenvalue weighted by Gasteiger charge is -2.08. The summed E-state index contributed by atoms with van der Waals surface area (Å²) in [6, 6.07) is 0.